The standard InChI is InChI=1S/C13H21N3O3/c1-3-14-10(17)8-16-11(18)13(15-12(16)19)6-4-9(2)5-7-13/h9H,3-8H2,1-2H3,(H,14,17)(H,15,19). The molecule has 0 atom stereocenters. The summed E-state index contributed by atoms with van der Waals surface area (Å²) in [7, 11) is 0. The Morgan fingerprint density at radius 3 is 2.63 bits per heavy atom. The first-order valence-corrected chi connectivity index (χ1v) is 6.89. The quantitative estimate of drug-likeness (QED) is 0.736. The molecule has 0 bridgehead atoms. The lowest BCUT2D eigenvalue weighted by molar-refractivity contribution is -0.136. The number of hydrogen-bond donors (Lipinski definition) is 2. The van der Waals surface area contributed by atoms with E-state index in [4.69, 9.17) is 0 Å². The molecule has 0 radical (unpaired) electrons. The third-order valence-corrected chi connectivity index (χ3v) is 4.05. The van der Waals surface area contributed by atoms with Gasteiger partial charge in [-0.3, -0.25) is 14.5 Å². The van der Waals surface area contributed by atoms with Crippen LogP contribution in [0.5, 0.6) is 0 Å². The van der Waals surface area contributed by atoms with E-state index in [1.807, 2.05) is 0 Å². The van der Waals surface area contributed by atoms with Crippen molar-refractivity contribution in [1.29, 1.82) is 0 Å². The molecule has 2 aliphatic rings. The van der Waals surface area contributed by atoms with Gasteiger partial charge in [-0.15, -0.1) is 0 Å². The first kappa shape index (κ1) is 13.8. The summed E-state index contributed by atoms with van der Waals surface area (Å²) in [6.45, 7) is 4.26. The summed E-state index contributed by atoms with van der Waals surface area (Å²) >= 11 is 0. The predicted octanol–water partition coefficient (Wildman–Crippen LogP) is 0.623. The van der Waals surface area contributed by atoms with Crippen molar-refractivity contribution in [3.63, 3.8) is 0 Å². The summed E-state index contributed by atoms with van der Waals surface area (Å²) in [5, 5.41) is 5.39. The molecule has 1 aliphatic heterocycles. The van der Waals surface area contributed by atoms with E-state index >= 15 is 0 Å². The molecule has 2 rings (SSSR count). The summed E-state index contributed by atoms with van der Waals surface area (Å²) < 4.78 is 0. The molecule has 0 aromatic heterocycles. The van der Waals surface area contributed by atoms with Crippen molar-refractivity contribution in [2.24, 2.45) is 5.92 Å². The topological polar surface area (TPSA) is 78.5 Å². The Labute approximate surface area is 112 Å². The lowest BCUT2D eigenvalue weighted by Crippen LogP contribution is -2.49. The summed E-state index contributed by atoms with van der Waals surface area (Å²) in [4.78, 5) is 36.9. The van der Waals surface area contributed by atoms with E-state index in [0.717, 1.165) is 17.7 Å². The zero-order chi connectivity index (χ0) is 14.0. The minimum Gasteiger partial charge on any atom is -0.355 e. The predicted molar refractivity (Wildman–Crippen MR) is 69.3 cm³/mol. The first-order valence-electron chi connectivity index (χ1n) is 6.89. The van der Waals surface area contributed by atoms with Crippen LogP contribution in [0.2, 0.25) is 0 Å². The maximum absolute atomic E-state index is 12.4. The zero-order valence-electron chi connectivity index (χ0n) is 11.5. The highest BCUT2D eigenvalue weighted by molar-refractivity contribution is 6.09. The van der Waals surface area contributed by atoms with Crippen LogP contribution in [0.3, 0.4) is 0 Å². The van der Waals surface area contributed by atoms with Gasteiger partial charge in [0.2, 0.25) is 5.91 Å². The number of carbonyl (C=O) groups is 3. The van der Waals surface area contributed by atoms with Gasteiger partial charge in [0.25, 0.3) is 5.91 Å². The van der Waals surface area contributed by atoms with Crippen molar-refractivity contribution in [3.05, 3.63) is 0 Å². The van der Waals surface area contributed by atoms with Gasteiger partial charge in [-0.2, -0.15) is 0 Å². The van der Waals surface area contributed by atoms with E-state index < -0.39 is 11.6 Å². The van der Waals surface area contributed by atoms with E-state index in [1.165, 1.54) is 0 Å². The third kappa shape index (κ3) is 2.57. The van der Waals surface area contributed by atoms with E-state index in [0.29, 0.717) is 25.3 Å². The van der Waals surface area contributed by atoms with E-state index in [2.05, 4.69) is 17.6 Å². The molecule has 0 aromatic rings. The molecule has 6 heteroatoms. The van der Waals surface area contributed by atoms with Gasteiger partial charge in [0.05, 0.1) is 0 Å². The van der Waals surface area contributed by atoms with Crippen molar-refractivity contribution < 1.29 is 14.4 Å². The van der Waals surface area contributed by atoms with Gasteiger partial charge in [0.1, 0.15) is 12.1 Å². The van der Waals surface area contributed by atoms with Crippen LogP contribution in [0.1, 0.15) is 39.5 Å². The van der Waals surface area contributed by atoms with E-state index in [-0.39, 0.29) is 18.4 Å². The lowest BCUT2D eigenvalue weighted by atomic mass is 9.77. The van der Waals surface area contributed by atoms with Gasteiger partial charge in [0.15, 0.2) is 0 Å². The highest BCUT2D eigenvalue weighted by atomic mass is 16.2. The third-order valence-electron chi connectivity index (χ3n) is 4.05. The molecular weight excluding hydrogens is 246 g/mol. The zero-order valence-corrected chi connectivity index (χ0v) is 11.5. The second kappa shape index (κ2) is 5.19. The molecule has 106 valence electrons. The molecule has 0 aromatic carbocycles. The number of rotatable bonds is 3. The molecule has 2 fully saturated rings. The van der Waals surface area contributed by atoms with Crippen LogP contribution < -0.4 is 10.6 Å². The Morgan fingerprint density at radius 2 is 2.05 bits per heavy atom. The SMILES string of the molecule is CCNC(=O)CN1C(=O)NC2(CCC(C)CC2)C1=O. The highest BCUT2D eigenvalue weighted by Gasteiger charge is 2.52. The Hall–Kier alpha value is -1.59. The monoisotopic (exact) mass is 267 g/mol. The summed E-state index contributed by atoms with van der Waals surface area (Å²) in [6, 6.07) is -0.439. The Bertz CT molecular complexity index is 400. The maximum atomic E-state index is 12.4. The Kier molecular flexibility index (Phi) is 3.78. The number of amides is 4. The van der Waals surface area contributed by atoms with Crippen molar-refractivity contribution in [2.45, 2.75) is 45.1 Å². The van der Waals surface area contributed by atoms with Crippen molar-refractivity contribution in [1.82, 2.24) is 15.5 Å². The van der Waals surface area contributed by atoms with E-state index in [9.17, 15) is 14.4 Å². The molecule has 19 heavy (non-hydrogen) atoms. The van der Waals surface area contributed by atoms with Crippen molar-refractivity contribution in [2.75, 3.05) is 13.1 Å². The van der Waals surface area contributed by atoms with Crippen LogP contribution in [0.25, 0.3) is 0 Å². The molecule has 1 aliphatic carbocycles. The summed E-state index contributed by atoms with van der Waals surface area (Å²) in [5.74, 6) is 0.0515. The molecule has 2 N–H and O–H groups in total. The van der Waals surface area contributed by atoms with Crippen LogP contribution in [0.15, 0.2) is 0 Å². The average molecular weight is 267 g/mol. The fourth-order valence-corrected chi connectivity index (χ4v) is 2.81. The smallest absolute Gasteiger partial charge is 0.325 e. The fraction of sp³-hybridized carbons (Fsp3) is 0.769. The van der Waals surface area contributed by atoms with Gasteiger partial charge in [-0.05, 0) is 38.5 Å². The van der Waals surface area contributed by atoms with Crippen LogP contribution in [-0.2, 0) is 9.59 Å². The Morgan fingerprint density at radius 1 is 1.42 bits per heavy atom. The van der Waals surface area contributed by atoms with Gasteiger partial charge in [-0.1, -0.05) is 6.92 Å². The minimum absolute atomic E-state index is 0.185. The average Bonchev–Trinajstić information content (AvgIpc) is 2.59. The molecule has 1 saturated carbocycles. The second-order valence-electron chi connectivity index (χ2n) is 5.54. The maximum Gasteiger partial charge on any atom is 0.325 e. The second-order valence-corrected chi connectivity index (χ2v) is 5.54. The van der Waals surface area contributed by atoms with Crippen LogP contribution >= 0.6 is 0 Å². The molecule has 1 spiro atoms. The number of nitrogens with one attached hydrogen (secondary N) is 2. The summed E-state index contributed by atoms with van der Waals surface area (Å²) in [6.07, 6.45) is 3.21. The van der Waals surface area contributed by atoms with Crippen molar-refractivity contribution in [3.8, 4) is 0 Å². The molecule has 1 heterocycles. The summed E-state index contributed by atoms with van der Waals surface area (Å²) in [5.41, 5.74) is -0.754. The number of hydrogen-bond acceptors (Lipinski definition) is 3. The number of likely N-dealkylation sites (N-methyl/N-ethyl adjacent to an activating group) is 1. The molecular formula is C13H21N3O3. The normalized spacial score (nSPS) is 30.6. The molecule has 0 unspecified atom stereocenters. The van der Waals surface area contributed by atoms with Crippen LogP contribution in [0, 0.1) is 5.92 Å². The largest absolute Gasteiger partial charge is 0.355 e. The number of nitrogens with zero attached hydrogens (tertiary/aromatic N) is 1. The fourth-order valence-electron chi connectivity index (χ4n) is 2.81. The van der Waals surface area contributed by atoms with Gasteiger partial charge < -0.3 is 10.6 Å². The van der Waals surface area contributed by atoms with Gasteiger partial charge >= 0.3 is 6.03 Å². The van der Waals surface area contributed by atoms with Crippen LogP contribution in [-0.4, -0.2) is 41.4 Å². The first-order chi connectivity index (χ1) is 8.98. The number of urea groups is 1. The highest BCUT2D eigenvalue weighted by Crippen LogP contribution is 2.36. The Balaban J connectivity index is 2.06. The van der Waals surface area contributed by atoms with Gasteiger partial charge in [-0.25, -0.2) is 4.79 Å². The van der Waals surface area contributed by atoms with Gasteiger partial charge in [0, 0.05) is 6.54 Å². The molecule has 1 saturated heterocycles. The van der Waals surface area contributed by atoms with E-state index in [1.54, 1.807) is 6.92 Å². The number of carbonyl (C=O) groups excluding carboxylic acids is 3. The lowest BCUT2D eigenvalue weighted by Gasteiger charge is -2.33. The molecule has 4 amide bonds. The van der Waals surface area contributed by atoms with Crippen molar-refractivity contribution >= 4 is 17.8 Å². The number of imide groups is 1. The van der Waals surface area contributed by atoms with Crippen LogP contribution in [0.4, 0.5) is 4.79 Å². The molecule has 6 nitrogen and oxygen atoms in total. The minimum atomic E-state index is -0.754.